The van der Waals surface area contributed by atoms with Gasteiger partial charge in [-0.2, -0.15) is 0 Å². The van der Waals surface area contributed by atoms with Crippen molar-refractivity contribution in [3.8, 4) is 0 Å². The molecule has 1 aliphatic rings. The summed E-state index contributed by atoms with van der Waals surface area (Å²) >= 11 is 0. The molecule has 2 N–H and O–H groups in total. The molecule has 1 heterocycles. The van der Waals surface area contributed by atoms with Crippen LogP contribution in [-0.4, -0.2) is 31.1 Å². The average Bonchev–Trinajstić information content (AvgIpc) is 2.45. The summed E-state index contributed by atoms with van der Waals surface area (Å²) in [4.78, 5) is 25.6. The lowest BCUT2D eigenvalue weighted by molar-refractivity contribution is -0.128. The van der Waals surface area contributed by atoms with Gasteiger partial charge in [0.05, 0.1) is 0 Å². The third kappa shape index (κ3) is 2.67. The summed E-state index contributed by atoms with van der Waals surface area (Å²) in [7, 11) is 0. The van der Waals surface area contributed by atoms with Gasteiger partial charge in [0.15, 0.2) is 0 Å². The molecule has 0 bridgehead atoms. The summed E-state index contributed by atoms with van der Waals surface area (Å²) in [5.74, 6) is -0.525. The number of hydrogen-bond acceptors (Lipinski definition) is 3. The molecule has 20 heavy (non-hydrogen) atoms. The predicted octanol–water partition coefficient (Wildman–Crippen LogP) is 1.49. The van der Waals surface area contributed by atoms with Crippen molar-refractivity contribution in [2.45, 2.75) is 32.8 Å². The summed E-state index contributed by atoms with van der Waals surface area (Å²) in [5.41, 5.74) is 7.55. The van der Waals surface area contributed by atoms with Crippen LogP contribution in [0.4, 0.5) is 5.69 Å². The van der Waals surface area contributed by atoms with Crippen LogP contribution in [0, 0.1) is 0 Å². The van der Waals surface area contributed by atoms with Crippen molar-refractivity contribution in [2.75, 3.05) is 18.1 Å². The number of ether oxygens (including phenoxy) is 1. The summed E-state index contributed by atoms with van der Waals surface area (Å²) in [6.07, 6.45) is 1.10. The van der Waals surface area contributed by atoms with Crippen LogP contribution in [0.25, 0.3) is 0 Å². The van der Waals surface area contributed by atoms with Crippen LogP contribution in [0.2, 0.25) is 0 Å². The minimum absolute atomic E-state index is 0.0746. The van der Waals surface area contributed by atoms with Crippen molar-refractivity contribution in [3.63, 3.8) is 0 Å². The molecule has 108 valence electrons. The van der Waals surface area contributed by atoms with Gasteiger partial charge in [0.25, 0.3) is 5.91 Å². The Kier molecular flexibility index (Phi) is 4.39. The minimum Gasteiger partial charge on any atom is -0.369 e. The lowest BCUT2D eigenvalue weighted by Crippen LogP contribution is -2.42. The Bertz CT molecular complexity index is 528. The van der Waals surface area contributed by atoms with Gasteiger partial charge in [-0.15, -0.1) is 0 Å². The Hall–Kier alpha value is -1.88. The van der Waals surface area contributed by atoms with E-state index in [-0.39, 0.29) is 5.91 Å². The first-order valence-corrected chi connectivity index (χ1v) is 6.91. The maximum Gasteiger partial charge on any atom is 0.255 e. The van der Waals surface area contributed by atoms with E-state index in [9.17, 15) is 9.59 Å². The lowest BCUT2D eigenvalue weighted by atomic mass is 9.95. The van der Waals surface area contributed by atoms with Crippen LogP contribution in [0.1, 0.15) is 36.2 Å². The number of nitrogens with zero attached hydrogens (tertiary/aromatic N) is 1. The first kappa shape index (κ1) is 14.5. The van der Waals surface area contributed by atoms with E-state index in [4.69, 9.17) is 10.5 Å². The van der Waals surface area contributed by atoms with E-state index < -0.39 is 12.0 Å². The second kappa shape index (κ2) is 6.05. The van der Waals surface area contributed by atoms with Gasteiger partial charge in [-0.1, -0.05) is 6.07 Å². The highest BCUT2D eigenvalue weighted by molar-refractivity contribution is 6.01. The van der Waals surface area contributed by atoms with E-state index in [1.807, 2.05) is 13.0 Å². The summed E-state index contributed by atoms with van der Waals surface area (Å²) in [6.45, 7) is 4.75. The third-order valence-electron chi connectivity index (χ3n) is 3.55. The highest BCUT2D eigenvalue weighted by atomic mass is 16.5. The SMILES string of the molecule is CCOC(C)C(=O)N1CCCc2c(C(N)=O)cccc21. The molecule has 0 saturated heterocycles. The molecule has 2 rings (SSSR count). The first-order chi connectivity index (χ1) is 9.56. The molecule has 5 nitrogen and oxygen atoms in total. The fourth-order valence-electron chi connectivity index (χ4n) is 2.63. The van der Waals surface area contributed by atoms with Crippen LogP contribution in [0.15, 0.2) is 18.2 Å². The van der Waals surface area contributed by atoms with Crippen molar-refractivity contribution in [1.29, 1.82) is 0 Å². The van der Waals surface area contributed by atoms with E-state index >= 15 is 0 Å². The van der Waals surface area contributed by atoms with Gasteiger partial charge < -0.3 is 15.4 Å². The van der Waals surface area contributed by atoms with Crippen molar-refractivity contribution < 1.29 is 14.3 Å². The highest BCUT2D eigenvalue weighted by Gasteiger charge is 2.28. The quantitative estimate of drug-likeness (QED) is 0.905. The molecule has 2 amide bonds. The number of carbonyl (C=O) groups is 2. The first-order valence-electron chi connectivity index (χ1n) is 6.91. The van der Waals surface area contributed by atoms with E-state index in [1.165, 1.54) is 0 Å². The van der Waals surface area contributed by atoms with Crippen LogP contribution in [0.3, 0.4) is 0 Å². The highest BCUT2D eigenvalue weighted by Crippen LogP contribution is 2.30. The van der Waals surface area contributed by atoms with Crippen LogP contribution in [0.5, 0.6) is 0 Å². The molecule has 0 saturated carbocycles. The van der Waals surface area contributed by atoms with Crippen molar-refractivity contribution in [1.82, 2.24) is 0 Å². The molecular weight excluding hydrogens is 256 g/mol. The van der Waals surface area contributed by atoms with Gasteiger partial charge in [-0.3, -0.25) is 9.59 Å². The van der Waals surface area contributed by atoms with Gasteiger partial charge in [-0.05, 0) is 44.4 Å². The Labute approximate surface area is 118 Å². The largest absolute Gasteiger partial charge is 0.369 e. The second-order valence-electron chi connectivity index (χ2n) is 4.86. The van der Waals surface area contributed by atoms with E-state index in [1.54, 1.807) is 24.0 Å². The minimum atomic E-state index is -0.483. The standard InChI is InChI=1S/C15H20N2O3/c1-3-20-10(2)15(19)17-9-5-7-11-12(14(16)18)6-4-8-13(11)17/h4,6,8,10H,3,5,7,9H2,1-2H3,(H2,16,18). The van der Waals surface area contributed by atoms with Gasteiger partial charge in [-0.25, -0.2) is 0 Å². The fourth-order valence-corrected chi connectivity index (χ4v) is 2.63. The number of benzene rings is 1. The zero-order chi connectivity index (χ0) is 14.7. The Balaban J connectivity index is 2.36. The van der Waals surface area contributed by atoms with Gasteiger partial charge in [0, 0.05) is 24.4 Å². The number of nitrogens with two attached hydrogens (primary N) is 1. The molecule has 0 fully saturated rings. The van der Waals surface area contributed by atoms with Gasteiger partial charge in [0.1, 0.15) is 6.10 Å². The Morgan fingerprint density at radius 2 is 2.20 bits per heavy atom. The number of carbonyl (C=O) groups excluding carboxylic acids is 2. The van der Waals surface area contributed by atoms with Gasteiger partial charge >= 0.3 is 0 Å². The number of primary amides is 1. The smallest absolute Gasteiger partial charge is 0.255 e. The molecule has 1 aromatic carbocycles. The normalized spacial score (nSPS) is 15.6. The lowest BCUT2D eigenvalue weighted by Gasteiger charge is -2.32. The molecule has 5 heteroatoms. The molecule has 0 spiro atoms. The maximum absolute atomic E-state index is 12.4. The van der Waals surface area contributed by atoms with Crippen molar-refractivity contribution in [3.05, 3.63) is 29.3 Å². The van der Waals surface area contributed by atoms with Crippen LogP contribution < -0.4 is 10.6 Å². The molecule has 1 aromatic rings. The predicted molar refractivity (Wildman–Crippen MR) is 76.7 cm³/mol. The zero-order valence-corrected chi connectivity index (χ0v) is 11.9. The third-order valence-corrected chi connectivity index (χ3v) is 3.55. The van der Waals surface area contributed by atoms with Crippen molar-refractivity contribution >= 4 is 17.5 Å². The van der Waals surface area contributed by atoms with Crippen LogP contribution >= 0.6 is 0 Å². The Morgan fingerprint density at radius 1 is 1.45 bits per heavy atom. The summed E-state index contributed by atoms with van der Waals surface area (Å²) in [6, 6.07) is 5.33. The van der Waals surface area contributed by atoms with Gasteiger partial charge in [0.2, 0.25) is 5.91 Å². The topological polar surface area (TPSA) is 72.6 Å². The summed E-state index contributed by atoms with van der Waals surface area (Å²) < 4.78 is 5.37. The number of amides is 2. The van der Waals surface area contributed by atoms with Crippen LogP contribution in [-0.2, 0) is 16.0 Å². The Morgan fingerprint density at radius 3 is 2.85 bits per heavy atom. The summed E-state index contributed by atoms with van der Waals surface area (Å²) in [5, 5.41) is 0. The maximum atomic E-state index is 12.4. The molecular formula is C15H20N2O3. The molecule has 0 aromatic heterocycles. The second-order valence-corrected chi connectivity index (χ2v) is 4.86. The number of rotatable bonds is 4. The number of fused-ring (bicyclic) bond motifs is 1. The molecule has 1 unspecified atom stereocenters. The number of anilines is 1. The van der Waals surface area contributed by atoms with E-state index in [0.717, 1.165) is 24.1 Å². The molecule has 0 aliphatic carbocycles. The van der Waals surface area contributed by atoms with E-state index in [0.29, 0.717) is 18.7 Å². The monoisotopic (exact) mass is 276 g/mol. The fraction of sp³-hybridized carbons (Fsp3) is 0.467. The van der Waals surface area contributed by atoms with E-state index in [2.05, 4.69) is 0 Å². The molecule has 0 radical (unpaired) electrons. The average molecular weight is 276 g/mol. The molecule has 1 aliphatic heterocycles. The molecule has 1 atom stereocenters. The van der Waals surface area contributed by atoms with Crippen molar-refractivity contribution in [2.24, 2.45) is 5.73 Å². The zero-order valence-electron chi connectivity index (χ0n) is 11.9. The number of hydrogen-bond donors (Lipinski definition) is 1.